The number of sulfonamides is 1. The quantitative estimate of drug-likeness (QED) is 0.468. The van der Waals surface area contributed by atoms with Crippen molar-refractivity contribution in [2.75, 3.05) is 17.9 Å². The summed E-state index contributed by atoms with van der Waals surface area (Å²) in [7, 11) is -2.58. The number of halogens is 1. The van der Waals surface area contributed by atoms with Gasteiger partial charge in [0.2, 0.25) is 11.8 Å². The first-order chi connectivity index (χ1) is 16.6. The van der Waals surface area contributed by atoms with Gasteiger partial charge in [-0.1, -0.05) is 59.6 Å². The summed E-state index contributed by atoms with van der Waals surface area (Å²) in [4.78, 5) is 27.5. The second-order valence-electron chi connectivity index (χ2n) is 8.10. The van der Waals surface area contributed by atoms with Gasteiger partial charge in [0.25, 0.3) is 10.0 Å². The standard InChI is InChI=1S/C26H28ClN3O4S/c1-19-12-14-24(15-13-19)35(33,34)30(23-10-5-4-6-11-23)18-25(31)29(20(2)26(32)28-3)17-21-8-7-9-22(27)16-21/h4-16,20H,17-18H2,1-3H3,(H,28,32). The fraction of sp³-hybridized carbons (Fsp3) is 0.231. The Hall–Kier alpha value is -3.36. The number of amides is 2. The van der Waals surface area contributed by atoms with Gasteiger partial charge in [0.15, 0.2) is 0 Å². The predicted molar refractivity (Wildman–Crippen MR) is 138 cm³/mol. The lowest BCUT2D eigenvalue weighted by molar-refractivity contribution is -0.139. The molecule has 3 aromatic rings. The number of aryl methyl sites for hydroxylation is 1. The summed E-state index contributed by atoms with van der Waals surface area (Å²) in [6.45, 7) is 3.06. The van der Waals surface area contributed by atoms with E-state index in [0.717, 1.165) is 9.87 Å². The maximum Gasteiger partial charge on any atom is 0.264 e. The van der Waals surface area contributed by atoms with Crippen molar-refractivity contribution in [1.82, 2.24) is 10.2 Å². The Bertz CT molecular complexity index is 1280. The SMILES string of the molecule is CNC(=O)C(C)N(Cc1cccc(Cl)c1)C(=O)CN(c1ccccc1)S(=O)(=O)c1ccc(C)cc1. The summed E-state index contributed by atoms with van der Waals surface area (Å²) < 4.78 is 28.3. The molecule has 0 aliphatic rings. The maximum absolute atomic E-state index is 13.6. The number of rotatable bonds is 9. The molecular weight excluding hydrogens is 486 g/mol. The molecule has 0 aromatic heterocycles. The van der Waals surface area contributed by atoms with Crippen LogP contribution in [0.2, 0.25) is 5.02 Å². The first kappa shape index (κ1) is 26.2. The molecule has 3 rings (SSSR count). The molecule has 1 N–H and O–H groups in total. The summed E-state index contributed by atoms with van der Waals surface area (Å²) in [6, 6.07) is 21.0. The van der Waals surface area contributed by atoms with Crippen molar-refractivity contribution in [3.05, 3.63) is 95.0 Å². The van der Waals surface area contributed by atoms with Gasteiger partial charge in [0.1, 0.15) is 12.6 Å². The van der Waals surface area contributed by atoms with Gasteiger partial charge in [-0.3, -0.25) is 13.9 Å². The van der Waals surface area contributed by atoms with Crippen LogP contribution in [0.3, 0.4) is 0 Å². The molecule has 0 aliphatic carbocycles. The van der Waals surface area contributed by atoms with Gasteiger partial charge in [-0.15, -0.1) is 0 Å². The number of nitrogens with zero attached hydrogens (tertiary/aromatic N) is 2. The van der Waals surface area contributed by atoms with Crippen LogP contribution >= 0.6 is 11.6 Å². The molecule has 35 heavy (non-hydrogen) atoms. The van der Waals surface area contributed by atoms with Crippen molar-refractivity contribution in [2.45, 2.75) is 31.3 Å². The second kappa shape index (κ2) is 11.4. The van der Waals surface area contributed by atoms with Crippen LogP contribution in [0, 0.1) is 6.92 Å². The Kier molecular flexibility index (Phi) is 8.53. The van der Waals surface area contributed by atoms with Gasteiger partial charge in [0.05, 0.1) is 10.6 Å². The zero-order valence-electron chi connectivity index (χ0n) is 19.8. The molecule has 0 radical (unpaired) electrons. The number of likely N-dealkylation sites (N-methyl/N-ethyl adjacent to an activating group) is 1. The number of benzene rings is 3. The molecule has 7 nitrogen and oxygen atoms in total. The van der Waals surface area contributed by atoms with Crippen LogP contribution in [0.25, 0.3) is 0 Å². The number of para-hydroxylation sites is 1. The average molecular weight is 514 g/mol. The van der Waals surface area contributed by atoms with E-state index in [9.17, 15) is 18.0 Å². The molecule has 9 heteroatoms. The molecule has 0 saturated heterocycles. The summed E-state index contributed by atoms with van der Waals surface area (Å²) in [5.74, 6) is -0.895. The number of hydrogen-bond donors (Lipinski definition) is 1. The van der Waals surface area contributed by atoms with Crippen LogP contribution in [-0.4, -0.2) is 44.8 Å². The van der Waals surface area contributed by atoms with Gasteiger partial charge in [-0.25, -0.2) is 8.42 Å². The fourth-order valence-electron chi connectivity index (χ4n) is 3.58. The molecule has 0 saturated carbocycles. The Morgan fingerprint density at radius 3 is 2.23 bits per heavy atom. The molecule has 0 fully saturated rings. The largest absolute Gasteiger partial charge is 0.357 e. The zero-order valence-corrected chi connectivity index (χ0v) is 21.4. The fourth-order valence-corrected chi connectivity index (χ4v) is 5.21. The van der Waals surface area contributed by atoms with Crippen LogP contribution in [0.15, 0.2) is 83.8 Å². The molecule has 3 aromatic carbocycles. The number of carbonyl (C=O) groups is 2. The maximum atomic E-state index is 13.6. The Labute approximate surface area is 211 Å². The minimum absolute atomic E-state index is 0.0699. The third kappa shape index (κ3) is 6.41. The molecule has 0 heterocycles. The summed E-state index contributed by atoms with van der Waals surface area (Å²) >= 11 is 6.11. The second-order valence-corrected chi connectivity index (χ2v) is 10.4. The lowest BCUT2D eigenvalue weighted by Gasteiger charge is -2.31. The van der Waals surface area contributed by atoms with E-state index >= 15 is 0 Å². The topological polar surface area (TPSA) is 86.8 Å². The first-order valence-electron chi connectivity index (χ1n) is 11.0. The zero-order chi connectivity index (χ0) is 25.6. The van der Waals surface area contributed by atoms with Crippen molar-refractivity contribution in [3.63, 3.8) is 0 Å². The highest BCUT2D eigenvalue weighted by molar-refractivity contribution is 7.92. The van der Waals surface area contributed by atoms with E-state index < -0.39 is 28.5 Å². The van der Waals surface area contributed by atoms with Crippen LogP contribution in [0.1, 0.15) is 18.1 Å². The normalized spacial score (nSPS) is 12.0. The highest BCUT2D eigenvalue weighted by Crippen LogP contribution is 2.25. The van der Waals surface area contributed by atoms with Crippen molar-refractivity contribution in [1.29, 1.82) is 0 Å². The van der Waals surface area contributed by atoms with Crippen LogP contribution in [-0.2, 0) is 26.2 Å². The van der Waals surface area contributed by atoms with E-state index in [2.05, 4.69) is 5.32 Å². The number of anilines is 1. The van der Waals surface area contributed by atoms with E-state index in [1.165, 1.54) is 24.1 Å². The van der Waals surface area contributed by atoms with Gasteiger partial charge in [-0.2, -0.15) is 0 Å². The Balaban J connectivity index is 2.00. The van der Waals surface area contributed by atoms with Gasteiger partial charge in [0, 0.05) is 18.6 Å². The Morgan fingerprint density at radius 2 is 1.63 bits per heavy atom. The highest BCUT2D eigenvalue weighted by atomic mass is 35.5. The van der Waals surface area contributed by atoms with E-state index in [1.807, 2.05) is 6.92 Å². The monoisotopic (exact) mass is 513 g/mol. The Morgan fingerprint density at radius 1 is 0.971 bits per heavy atom. The number of hydrogen-bond acceptors (Lipinski definition) is 4. The van der Waals surface area contributed by atoms with Crippen molar-refractivity contribution < 1.29 is 18.0 Å². The molecule has 184 valence electrons. The van der Waals surface area contributed by atoms with Crippen LogP contribution in [0.4, 0.5) is 5.69 Å². The third-order valence-corrected chi connectivity index (χ3v) is 7.61. The van der Waals surface area contributed by atoms with Crippen LogP contribution in [0.5, 0.6) is 0 Å². The van der Waals surface area contributed by atoms with Crippen molar-refractivity contribution in [3.8, 4) is 0 Å². The first-order valence-corrected chi connectivity index (χ1v) is 12.8. The van der Waals surface area contributed by atoms with Gasteiger partial charge < -0.3 is 10.2 Å². The highest BCUT2D eigenvalue weighted by Gasteiger charge is 2.32. The summed E-state index contributed by atoms with van der Waals surface area (Å²) in [5.41, 5.74) is 1.98. The lowest BCUT2D eigenvalue weighted by Crippen LogP contribution is -2.50. The third-order valence-electron chi connectivity index (χ3n) is 5.59. The van der Waals surface area contributed by atoms with E-state index in [-0.39, 0.29) is 17.3 Å². The smallest absolute Gasteiger partial charge is 0.264 e. The molecular formula is C26H28ClN3O4S. The molecule has 0 bridgehead atoms. The van der Waals surface area contributed by atoms with Crippen LogP contribution < -0.4 is 9.62 Å². The lowest BCUT2D eigenvalue weighted by atomic mass is 10.1. The van der Waals surface area contributed by atoms with Crippen molar-refractivity contribution >= 4 is 39.1 Å². The van der Waals surface area contributed by atoms with E-state index in [4.69, 9.17) is 11.6 Å². The molecule has 0 aliphatic heterocycles. The minimum atomic E-state index is -4.07. The number of nitrogens with one attached hydrogen (secondary N) is 1. The molecule has 1 unspecified atom stereocenters. The van der Waals surface area contributed by atoms with Gasteiger partial charge >= 0.3 is 0 Å². The molecule has 0 spiro atoms. The van der Waals surface area contributed by atoms with Crippen molar-refractivity contribution in [2.24, 2.45) is 0 Å². The van der Waals surface area contributed by atoms with E-state index in [1.54, 1.807) is 73.7 Å². The molecule has 1 atom stereocenters. The molecule has 2 amide bonds. The predicted octanol–water partition coefficient (Wildman–Crippen LogP) is 4.01. The summed E-state index contributed by atoms with van der Waals surface area (Å²) in [5, 5.41) is 3.05. The number of carbonyl (C=O) groups excluding carboxylic acids is 2. The van der Waals surface area contributed by atoms with E-state index in [0.29, 0.717) is 16.3 Å². The average Bonchev–Trinajstić information content (AvgIpc) is 2.85. The van der Waals surface area contributed by atoms with Gasteiger partial charge in [-0.05, 0) is 55.8 Å². The summed E-state index contributed by atoms with van der Waals surface area (Å²) in [6.07, 6.45) is 0. The minimum Gasteiger partial charge on any atom is -0.357 e.